The van der Waals surface area contributed by atoms with Gasteiger partial charge in [0.1, 0.15) is 11.5 Å². The van der Waals surface area contributed by atoms with Gasteiger partial charge in [-0.05, 0) is 19.1 Å². The quantitative estimate of drug-likeness (QED) is 0.734. The van der Waals surface area contributed by atoms with Crippen molar-refractivity contribution >= 4 is 0 Å². The summed E-state index contributed by atoms with van der Waals surface area (Å²) in [4.78, 5) is 0. The predicted octanol–water partition coefficient (Wildman–Crippen LogP) is 4.69. The summed E-state index contributed by atoms with van der Waals surface area (Å²) in [6.07, 6.45) is 0. The molecular formula is C9H13F7O2. The first-order valence-corrected chi connectivity index (χ1v) is 3.90. The molecule has 0 unspecified atom stereocenters. The van der Waals surface area contributed by atoms with E-state index in [9.17, 15) is 0 Å². The van der Waals surface area contributed by atoms with Crippen molar-refractivity contribution < 1.29 is 41.6 Å². The molecule has 0 aliphatic carbocycles. The molecule has 0 N–H and O–H groups in total. The molecule has 0 atom stereocenters. The average molecular weight is 286 g/mol. The van der Waals surface area contributed by atoms with Gasteiger partial charge in [-0.25, -0.2) is 0 Å². The molecule has 0 saturated heterocycles. The highest BCUT2D eigenvalue weighted by Gasteiger charge is 2.01. The Morgan fingerprint density at radius 3 is 1.28 bits per heavy atom. The highest BCUT2D eigenvalue weighted by molar-refractivity contribution is 5.43. The van der Waals surface area contributed by atoms with Crippen molar-refractivity contribution in [3.8, 4) is 11.5 Å². The molecule has 0 radical (unpaired) electrons. The van der Waals surface area contributed by atoms with Gasteiger partial charge in [0.15, 0.2) is 0 Å². The van der Waals surface area contributed by atoms with Gasteiger partial charge in [0.2, 0.25) is 0 Å². The third-order valence-electron chi connectivity index (χ3n) is 1.67. The summed E-state index contributed by atoms with van der Waals surface area (Å²) in [5.41, 5.74) is 1.04. The van der Waals surface area contributed by atoms with Crippen LogP contribution in [0, 0.1) is 6.92 Å². The number of rotatable bonds is 2. The summed E-state index contributed by atoms with van der Waals surface area (Å²) in [6, 6.07) is 5.74. The van der Waals surface area contributed by atoms with Gasteiger partial charge in [-0.1, -0.05) is 6.07 Å². The second kappa shape index (κ2) is 20.7. The van der Waals surface area contributed by atoms with Crippen molar-refractivity contribution in [2.75, 3.05) is 14.2 Å². The second-order valence-electron chi connectivity index (χ2n) is 2.29. The van der Waals surface area contributed by atoms with E-state index in [4.69, 9.17) is 36.9 Å². The Kier molecular flexibility index (Phi) is 29.0. The van der Waals surface area contributed by atoms with Gasteiger partial charge < -0.3 is 9.47 Å². The molecule has 0 bridgehead atoms. The number of hydrogen-bond acceptors (Lipinski definition) is 2. The zero-order valence-electron chi connectivity index (χ0n) is 9.72. The lowest BCUT2D eigenvalue weighted by atomic mass is 10.2. The van der Waals surface area contributed by atoms with Gasteiger partial charge in [-0.15, -0.1) is 0 Å². The van der Waals surface area contributed by atoms with Crippen molar-refractivity contribution in [3.05, 3.63) is 23.8 Å². The fraction of sp³-hybridized carbons (Fsp3) is 0.333. The van der Waals surface area contributed by atoms with Crippen LogP contribution in [0.3, 0.4) is 0 Å². The van der Waals surface area contributed by atoms with Crippen molar-refractivity contribution in [1.29, 1.82) is 0 Å². The number of halogens is 7. The lowest BCUT2D eigenvalue weighted by molar-refractivity contribution is 0.108. The van der Waals surface area contributed by atoms with E-state index >= 15 is 0 Å². The number of benzene rings is 1. The summed E-state index contributed by atoms with van der Waals surface area (Å²) in [5.74, 6) is 1.73. The number of hydrogen-bond donors (Lipinski definition) is 0. The molecule has 1 aromatic carbocycles. The van der Waals surface area contributed by atoms with Crippen molar-refractivity contribution in [2.45, 2.75) is 6.92 Å². The van der Waals surface area contributed by atoms with Crippen molar-refractivity contribution in [3.63, 3.8) is 0 Å². The van der Waals surface area contributed by atoms with E-state index in [2.05, 4.69) is 0 Å². The van der Waals surface area contributed by atoms with Crippen LogP contribution in [0.15, 0.2) is 18.2 Å². The van der Waals surface area contributed by atoms with Gasteiger partial charge in [0.05, 0.1) is 14.2 Å². The minimum atomic E-state index is 0. The zero-order chi connectivity index (χ0) is 14.3. The highest BCUT2D eigenvalue weighted by atomic mass is 20.0. The van der Waals surface area contributed by atoms with Crippen LogP contribution in [0.5, 0.6) is 11.5 Å². The Bertz CT molecular complexity index is 238. The Balaban J connectivity index is -0.000000123. The van der Waals surface area contributed by atoms with Crippen LogP contribution in [0.2, 0.25) is 0 Å². The molecule has 110 valence electrons. The third kappa shape index (κ3) is 9.55. The molecule has 0 aliphatic rings. The standard InChI is InChI=1S/C9H12O2.3F2.FH/c1-7-8(10-2)5-4-6-9(7)11-3;3*1-2;/h4-6H,1-3H3;;;;1H. The minimum absolute atomic E-state index is 0. The predicted molar refractivity (Wildman–Crippen MR) is 53.4 cm³/mol. The van der Waals surface area contributed by atoms with Gasteiger partial charge >= 0.3 is 0 Å². The van der Waals surface area contributed by atoms with Gasteiger partial charge in [0, 0.05) is 33.0 Å². The minimum Gasteiger partial charge on any atom is -0.496 e. The van der Waals surface area contributed by atoms with Crippen LogP contribution in [0.1, 0.15) is 5.56 Å². The Morgan fingerprint density at radius 2 is 1.06 bits per heavy atom. The molecule has 0 aromatic heterocycles. The van der Waals surface area contributed by atoms with Crippen LogP contribution >= 0.6 is 0 Å². The Hall–Kier alpha value is -1.67. The van der Waals surface area contributed by atoms with Gasteiger partial charge in [-0.3, -0.25) is 4.70 Å². The largest absolute Gasteiger partial charge is 0.496 e. The molecule has 0 fully saturated rings. The van der Waals surface area contributed by atoms with E-state index < -0.39 is 0 Å². The Labute approximate surface area is 99.1 Å². The maximum Gasteiger partial charge on any atom is 0.125 e. The van der Waals surface area contributed by atoms with E-state index in [0.717, 1.165) is 17.1 Å². The summed E-state index contributed by atoms with van der Waals surface area (Å²) < 4.78 is 58.2. The van der Waals surface area contributed by atoms with Crippen LogP contribution in [-0.4, -0.2) is 14.2 Å². The second-order valence-corrected chi connectivity index (χ2v) is 2.29. The van der Waals surface area contributed by atoms with Gasteiger partial charge in [-0.2, -0.15) is 0 Å². The molecule has 1 rings (SSSR count). The van der Waals surface area contributed by atoms with Crippen LogP contribution in [0.4, 0.5) is 32.1 Å². The fourth-order valence-electron chi connectivity index (χ4n) is 1.04. The molecule has 2 nitrogen and oxygen atoms in total. The van der Waals surface area contributed by atoms with E-state index in [1.807, 2.05) is 25.1 Å². The molecular weight excluding hydrogens is 273 g/mol. The van der Waals surface area contributed by atoms with E-state index in [-0.39, 0.29) is 4.70 Å². The maximum atomic E-state index is 8.00. The van der Waals surface area contributed by atoms with Crippen LogP contribution < -0.4 is 9.47 Å². The molecule has 0 spiro atoms. The molecule has 0 saturated carbocycles. The monoisotopic (exact) mass is 286 g/mol. The van der Waals surface area contributed by atoms with E-state index in [1.165, 1.54) is 0 Å². The topological polar surface area (TPSA) is 18.5 Å². The SMILES string of the molecule is COc1cccc(OC)c1C.F.FF.FF.FF. The summed E-state index contributed by atoms with van der Waals surface area (Å²) in [7, 11) is 3.31. The first kappa shape index (κ1) is 25.2. The molecule has 0 aliphatic heterocycles. The smallest absolute Gasteiger partial charge is 0.125 e. The molecule has 1 aromatic rings. The lowest BCUT2D eigenvalue weighted by Gasteiger charge is -2.07. The molecule has 0 amide bonds. The summed E-state index contributed by atoms with van der Waals surface area (Å²) in [6.45, 7) is 1.97. The zero-order valence-corrected chi connectivity index (χ0v) is 9.72. The fourth-order valence-corrected chi connectivity index (χ4v) is 1.04. The van der Waals surface area contributed by atoms with Gasteiger partial charge in [0.25, 0.3) is 0 Å². The molecule has 18 heavy (non-hydrogen) atoms. The molecule has 9 heteroatoms. The maximum absolute atomic E-state index is 8.00. The average Bonchev–Trinajstić information content (AvgIpc) is 2.45. The first-order chi connectivity index (χ1) is 8.29. The summed E-state index contributed by atoms with van der Waals surface area (Å²) in [5, 5.41) is 0. The normalized spacial score (nSPS) is 6.72. The van der Waals surface area contributed by atoms with Crippen LogP contribution in [-0.2, 0) is 0 Å². The molecule has 0 heterocycles. The van der Waals surface area contributed by atoms with E-state index in [0.29, 0.717) is 0 Å². The van der Waals surface area contributed by atoms with Crippen LogP contribution in [0.25, 0.3) is 0 Å². The number of ether oxygens (including phenoxy) is 2. The Morgan fingerprint density at radius 1 is 0.778 bits per heavy atom. The summed E-state index contributed by atoms with van der Waals surface area (Å²) >= 11 is 0. The van der Waals surface area contributed by atoms with Crippen molar-refractivity contribution in [1.82, 2.24) is 0 Å². The highest BCUT2D eigenvalue weighted by Crippen LogP contribution is 2.26. The lowest BCUT2D eigenvalue weighted by Crippen LogP contribution is -1.90. The van der Waals surface area contributed by atoms with Crippen molar-refractivity contribution in [2.24, 2.45) is 0 Å². The van der Waals surface area contributed by atoms with E-state index in [1.54, 1.807) is 14.2 Å². The number of methoxy groups -OCH3 is 2. The third-order valence-corrected chi connectivity index (χ3v) is 1.67. The first-order valence-electron chi connectivity index (χ1n) is 3.90.